The second-order valence-corrected chi connectivity index (χ2v) is 4.81. The van der Waals surface area contributed by atoms with Crippen molar-refractivity contribution in [2.75, 3.05) is 0 Å². The predicted octanol–water partition coefficient (Wildman–Crippen LogP) is 2.81. The molecule has 0 aliphatic heterocycles. The van der Waals surface area contributed by atoms with Gasteiger partial charge in [0.05, 0.1) is 0 Å². The number of aryl methyl sites for hydroxylation is 1. The van der Waals surface area contributed by atoms with Crippen LogP contribution in [0.15, 0.2) is 16.8 Å². The second kappa shape index (κ2) is 4.25. The molecular weight excluding hydrogens is 178 g/mol. The average Bonchev–Trinajstić information content (AvgIpc) is 2.86. The summed E-state index contributed by atoms with van der Waals surface area (Å²) in [4.78, 5) is 0. The van der Waals surface area contributed by atoms with Crippen LogP contribution in [-0.4, -0.2) is 6.04 Å². The van der Waals surface area contributed by atoms with E-state index in [1.165, 1.54) is 37.7 Å². The molecule has 1 aliphatic rings. The molecule has 0 bridgehead atoms. The molecule has 1 aromatic rings. The molecule has 0 amide bonds. The van der Waals surface area contributed by atoms with Crippen LogP contribution in [0.3, 0.4) is 0 Å². The highest BCUT2D eigenvalue weighted by atomic mass is 32.1. The largest absolute Gasteiger partial charge is 0.327 e. The smallest absolute Gasteiger partial charge is 0.00672 e. The molecule has 1 atom stereocenters. The van der Waals surface area contributed by atoms with Crippen LogP contribution < -0.4 is 5.73 Å². The van der Waals surface area contributed by atoms with Gasteiger partial charge in [0.1, 0.15) is 0 Å². The first-order valence-corrected chi connectivity index (χ1v) is 6.07. The minimum atomic E-state index is 0.485. The van der Waals surface area contributed by atoms with E-state index in [0.29, 0.717) is 6.04 Å². The van der Waals surface area contributed by atoms with Crippen molar-refractivity contribution in [1.29, 1.82) is 0 Å². The van der Waals surface area contributed by atoms with E-state index in [9.17, 15) is 0 Å². The van der Waals surface area contributed by atoms with Crippen molar-refractivity contribution in [2.45, 2.75) is 38.1 Å². The summed E-state index contributed by atoms with van der Waals surface area (Å²) in [6, 6.07) is 2.70. The van der Waals surface area contributed by atoms with Crippen LogP contribution in [0.1, 0.15) is 31.2 Å². The number of hydrogen-bond acceptors (Lipinski definition) is 2. The summed E-state index contributed by atoms with van der Waals surface area (Å²) in [5.74, 6) is 0.863. The Balaban J connectivity index is 1.63. The van der Waals surface area contributed by atoms with Crippen molar-refractivity contribution in [2.24, 2.45) is 11.7 Å². The van der Waals surface area contributed by atoms with E-state index >= 15 is 0 Å². The summed E-state index contributed by atoms with van der Waals surface area (Å²) in [5.41, 5.74) is 7.50. The molecule has 13 heavy (non-hydrogen) atoms. The van der Waals surface area contributed by atoms with Gasteiger partial charge in [-0.25, -0.2) is 0 Å². The quantitative estimate of drug-likeness (QED) is 0.768. The maximum Gasteiger partial charge on any atom is 0.00672 e. The Morgan fingerprint density at radius 1 is 1.54 bits per heavy atom. The average molecular weight is 195 g/mol. The molecule has 0 spiro atoms. The Bertz CT molecular complexity index is 239. The lowest BCUT2D eigenvalue weighted by Gasteiger charge is -2.08. The summed E-state index contributed by atoms with van der Waals surface area (Å²) < 4.78 is 0. The molecule has 2 N–H and O–H groups in total. The van der Waals surface area contributed by atoms with Gasteiger partial charge in [0.2, 0.25) is 0 Å². The number of thiophene rings is 1. The minimum absolute atomic E-state index is 0.485. The summed E-state index contributed by atoms with van der Waals surface area (Å²) in [6.45, 7) is 0. The lowest BCUT2D eigenvalue weighted by Crippen LogP contribution is -2.22. The summed E-state index contributed by atoms with van der Waals surface area (Å²) in [5, 5.41) is 4.39. The van der Waals surface area contributed by atoms with Crippen molar-refractivity contribution in [1.82, 2.24) is 0 Å². The van der Waals surface area contributed by atoms with E-state index in [4.69, 9.17) is 5.73 Å². The zero-order chi connectivity index (χ0) is 9.10. The molecule has 2 heteroatoms. The van der Waals surface area contributed by atoms with Crippen LogP contribution >= 0.6 is 11.3 Å². The predicted molar refractivity (Wildman–Crippen MR) is 58.0 cm³/mol. The fraction of sp³-hybridized carbons (Fsp3) is 0.636. The number of nitrogens with two attached hydrogens (primary N) is 1. The van der Waals surface area contributed by atoms with Crippen LogP contribution in [0.4, 0.5) is 0 Å². The van der Waals surface area contributed by atoms with E-state index < -0.39 is 0 Å². The van der Waals surface area contributed by atoms with Gasteiger partial charge in [-0.15, -0.1) is 0 Å². The van der Waals surface area contributed by atoms with Crippen LogP contribution in [0.5, 0.6) is 0 Å². The van der Waals surface area contributed by atoms with Crippen LogP contribution in [0.25, 0.3) is 0 Å². The third kappa shape index (κ3) is 2.82. The first-order valence-electron chi connectivity index (χ1n) is 5.13. The van der Waals surface area contributed by atoms with Gasteiger partial charge in [-0.2, -0.15) is 11.3 Å². The van der Waals surface area contributed by atoms with Crippen molar-refractivity contribution >= 4 is 11.3 Å². The molecule has 0 saturated heterocycles. The van der Waals surface area contributed by atoms with Gasteiger partial charge in [0.25, 0.3) is 0 Å². The molecule has 1 unspecified atom stereocenters. The van der Waals surface area contributed by atoms with Crippen LogP contribution in [0.2, 0.25) is 0 Å². The Hall–Kier alpha value is -0.340. The van der Waals surface area contributed by atoms with E-state index in [0.717, 1.165) is 5.92 Å². The van der Waals surface area contributed by atoms with E-state index in [-0.39, 0.29) is 0 Å². The standard InChI is InChI=1S/C11H17NS/c12-11(10-4-5-10)3-1-2-9-6-7-13-8-9/h6-8,10-11H,1-5,12H2. The Morgan fingerprint density at radius 3 is 3.00 bits per heavy atom. The van der Waals surface area contributed by atoms with Gasteiger partial charge in [-0.1, -0.05) is 0 Å². The molecule has 2 rings (SSSR count). The zero-order valence-electron chi connectivity index (χ0n) is 7.91. The van der Waals surface area contributed by atoms with Crippen molar-refractivity contribution in [3.8, 4) is 0 Å². The van der Waals surface area contributed by atoms with Crippen LogP contribution in [-0.2, 0) is 6.42 Å². The number of hydrogen-bond donors (Lipinski definition) is 1. The fourth-order valence-corrected chi connectivity index (χ4v) is 2.44. The molecule has 1 heterocycles. The zero-order valence-corrected chi connectivity index (χ0v) is 8.72. The van der Waals surface area contributed by atoms with E-state index in [1.54, 1.807) is 11.3 Å². The SMILES string of the molecule is NC(CCCc1ccsc1)C1CC1. The highest BCUT2D eigenvalue weighted by molar-refractivity contribution is 7.07. The third-order valence-electron chi connectivity index (χ3n) is 2.81. The van der Waals surface area contributed by atoms with Gasteiger partial charge in [-0.05, 0) is 60.4 Å². The Kier molecular flexibility index (Phi) is 3.01. The highest BCUT2D eigenvalue weighted by Crippen LogP contribution is 2.33. The molecule has 0 radical (unpaired) electrons. The van der Waals surface area contributed by atoms with Crippen molar-refractivity contribution in [3.05, 3.63) is 22.4 Å². The lowest BCUT2D eigenvalue weighted by molar-refractivity contribution is 0.529. The highest BCUT2D eigenvalue weighted by Gasteiger charge is 2.27. The molecule has 1 fully saturated rings. The van der Waals surface area contributed by atoms with E-state index in [2.05, 4.69) is 16.8 Å². The monoisotopic (exact) mass is 195 g/mol. The van der Waals surface area contributed by atoms with Gasteiger partial charge < -0.3 is 5.73 Å². The minimum Gasteiger partial charge on any atom is -0.327 e. The van der Waals surface area contributed by atoms with E-state index in [1.807, 2.05) is 0 Å². The topological polar surface area (TPSA) is 26.0 Å². The maximum absolute atomic E-state index is 6.02. The normalized spacial score (nSPS) is 18.8. The third-order valence-corrected chi connectivity index (χ3v) is 3.54. The molecule has 1 saturated carbocycles. The molecule has 0 aromatic carbocycles. The maximum atomic E-state index is 6.02. The molecular formula is C11H17NS. The molecule has 1 nitrogen and oxygen atoms in total. The molecule has 72 valence electrons. The fourth-order valence-electron chi connectivity index (χ4n) is 1.74. The molecule has 1 aromatic heterocycles. The molecule has 1 aliphatic carbocycles. The summed E-state index contributed by atoms with van der Waals surface area (Å²) in [6.07, 6.45) is 6.43. The van der Waals surface area contributed by atoms with Crippen molar-refractivity contribution < 1.29 is 0 Å². The lowest BCUT2D eigenvalue weighted by atomic mass is 10.0. The number of rotatable bonds is 5. The first-order chi connectivity index (χ1) is 6.36. The van der Waals surface area contributed by atoms with Gasteiger partial charge >= 0.3 is 0 Å². The van der Waals surface area contributed by atoms with Crippen LogP contribution in [0, 0.1) is 5.92 Å². The summed E-state index contributed by atoms with van der Waals surface area (Å²) >= 11 is 1.79. The Labute approximate surface area is 84.0 Å². The Morgan fingerprint density at radius 2 is 2.38 bits per heavy atom. The van der Waals surface area contributed by atoms with Gasteiger partial charge in [-0.3, -0.25) is 0 Å². The van der Waals surface area contributed by atoms with Crippen molar-refractivity contribution in [3.63, 3.8) is 0 Å². The second-order valence-electron chi connectivity index (χ2n) is 4.03. The summed E-state index contributed by atoms with van der Waals surface area (Å²) in [7, 11) is 0. The van der Waals surface area contributed by atoms with Gasteiger partial charge in [0, 0.05) is 6.04 Å². The first kappa shape index (κ1) is 9.22. The van der Waals surface area contributed by atoms with Gasteiger partial charge in [0.15, 0.2) is 0 Å².